The van der Waals surface area contributed by atoms with Gasteiger partial charge in [-0.2, -0.15) is 0 Å². The van der Waals surface area contributed by atoms with Crippen LogP contribution < -0.4 is 10.6 Å². The van der Waals surface area contributed by atoms with Gasteiger partial charge in [-0.25, -0.2) is 13.2 Å². The molecule has 0 aliphatic rings. The van der Waals surface area contributed by atoms with Crippen LogP contribution in [0.3, 0.4) is 0 Å². The zero-order valence-corrected chi connectivity index (χ0v) is 21.8. The third-order valence-corrected chi connectivity index (χ3v) is 6.77. The summed E-state index contributed by atoms with van der Waals surface area (Å²) in [7, 11) is 3.70. The summed E-state index contributed by atoms with van der Waals surface area (Å²) in [6, 6.07) is 6.46. The fraction of sp³-hybridized carbons (Fsp3) is 0.577. The third kappa shape index (κ3) is 7.13. The van der Waals surface area contributed by atoms with Crippen LogP contribution in [0.2, 0.25) is 0 Å². The van der Waals surface area contributed by atoms with Crippen molar-refractivity contribution in [1.29, 1.82) is 0 Å². The molecule has 0 saturated carbocycles. The van der Waals surface area contributed by atoms with Crippen molar-refractivity contribution >= 4 is 14.2 Å². The molecule has 2 N–H and O–H groups in total. The summed E-state index contributed by atoms with van der Waals surface area (Å²) in [5.41, 5.74) is 1.51. The maximum atomic E-state index is 14.3. The van der Waals surface area contributed by atoms with E-state index in [-0.39, 0.29) is 12.0 Å². The van der Waals surface area contributed by atoms with Crippen molar-refractivity contribution in [2.45, 2.75) is 79.4 Å². The van der Waals surface area contributed by atoms with Gasteiger partial charge in [0.15, 0.2) is 5.67 Å². The molecule has 2 unspecified atom stereocenters. The second-order valence-corrected chi connectivity index (χ2v) is 10.7. The molecule has 3 atom stereocenters. The highest BCUT2D eigenvalue weighted by Crippen LogP contribution is 2.34. The molecule has 2 nitrogen and oxygen atoms in total. The lowest BCUT2D eigenvalue weighted by Gasteiger charge is -2.37. The lowest BCUT2D eigenvalue weighted by atomic mass is 9.84. The molecule has 32 heavy (non-hydrogen) atoms. The summed E-state index contributed by atoms with van der Waals surface area (Å²) < 4.78 is 41.3. The quantitative estimate of drug-likeness (QED) is 0.330. The zero-order chi connectivity index (χ0) is 25.1. The summed E-state index contributed by atoms with van der Waals surface area (Å²) in [6.07, 6.45) is 0.879. The summed E-state index contributed by atoms with van der Waals surface area (Å²) in [5, 5.41) is 7.29. The summed E-state index contributed by atoms with van der Waals surface area (Å²) in [4.78, 5) is 0. The Hall–Kier alpha value is -1.74. The van der Waals surface area contributed by atoms with Gasteiger partial charge in [0, 0.05) is 23.7 Å². The summed E-state index contributed by atoms with van der Waals surface area (Å²) >= 11 is 0. The largest absolute Gasteiger partial charge is 0.385 e. The van der Waals surface area contributed by atoms with Gasteiger partial charge < -0.3 is 10.6 Å². The van der Waals surface area contributed by atoms with E-state index in [0.29, 0.717) is 18.3 Å². The lowest BCUT2D eigenvalue weighted by Crippen LogP contribution is -2.49. The molecule has 6 heteroatoms. The van der Waals surface area contributed by atoms with Crippen LogP contribution in [-0.2, 0) is 6.42 Å². The smallest absolute Gasteiger partial charge is 0.280 e. The van der Waals surface area contributed by atoms with Crippen LogP contribution in [-0.4, -0.2) is 29.5 Å². The molecule has 1 rings (SSSR count). The minimum Gasteiger partial charge on any atom is -0.385 e. The average molecular weight is 469 g/mol. The van der Waals surface area contributed by atoms with E-state index >= 15 is 0 Å². The van der Waals surface area contributed by atoms with Gasteiger partial charge in [-0.05, 0) is 70.3 Å². The van der Waals surface area contributed by atoms with E-state index in [9.17, 15) is 13.2 Å². The Morgan fingerprint density at radius 1 is 1.06 bits per heavy atom. The molecule has 0 aromatic heterocycles. The molecule has 0 heterocycles. The SMILES string of the molecule is C=C(NCC(C)(F)C(C)(F)F)C(C)(C)C(=C)N[C@H](C(C)=P)C(C)Cc1ccc(C)cc1C. The normalized spacial score (nSPS) is 16.0. The Morgan fingerprint density at radius 3 is 2.09 bits per heavy atom. The molecule has 0 fully saturated rings. The third-order valence-electron chi connectivity index (χ3n) is 6.46. The minimum absolute atomic E-state index is 0.0154. The lowest BCUT2D eigenvalue weighted by molar-refractivity contribution is -0.111. The van der Waals surface area contributed by atoms with Gasteiger partial charge >= 0.3 is 0 Å². The summed E-state index contributed by atoms with van der Waals surface area (Å²) in [5.74, 6) is -3.22. The van der Waals surface area contributed by atoms with Gasteiger partial charge in [-0.1, -0.05) is 43.8 Å². The first-order valence-electron chi connectivity index (χ1n) is 11.0. The minimum atomic E-state index is -3.46. The van der Waals surface area contributed by atoms with Crippen LogP contribution in [0.4, 0.5) is 13.2 Å². The molecule has 1 aromatic carbocycles. The number of rotatable bonds is 12. The first kappa shape index (κ1) is 28.3. The van der Waals surface area contributed by atoms with Gasteiger partial charge in [-0.15, -0.1) is 8.86 Å². The molecule has 180 valence electrons. The second-order valence-electron chi connectivity index (χ2n) is 9.94. The zero-order valence-electron chi connectivity index (χ0n) is 20.8. The molecule has 1 aromatic rings. The fourth-order valence-electron chi connectivity index (χ4n) is 3.42. The fourth-order valence-corrected chi connectivity index (χ4v) is 3.77. The molecule has 0 aliphatic heterocycles. The van der Waals surface area contributed by atoms with Gasteiger partial charge in [0.05, 0.1) is 12.6 Å². The molecule has 0 amide bonds. The maximum absolute atomic E-state index is 14.3. The number of hydrogen-bond donors (Lipinski definition) is 2. The van der Waals surface area contributed by atoms with Crippen LogP contribution >= 0.6 is 8.86 Å². The Kier molecular flexibility index (Phi) is 9.25. The van der Waals surface area contributed by atoms with E-state index in [0.717, 1.165) is 18.6 Å². The number of halogens is 3. The predicted octanol–water partition coefficient (Wildman–Crippen LogP) is 6.80. The highest BCUT2D eigenvalue weighted by atomic mass is 31.0. The standard InChI is InChI=1S/C26H40F3N2P/c1-16-11-12-22(17(2)13-16)14-18(3)23(19(4)32)31-21(6)24(7,8)20(5)30-15-25(9,27)26(10,28)29/h11-13,18,23,30-32H,5-6,14-15H2,1-4,7-10H3/t18?,23-,25?/m0/s1. The van der Waals surface area contributed by atoms with Crippen molar-refractivity contribution in [1.82, 2.24) is 10.6 Å². The average Bonchev–Trinajstić information content (AvgIpc) is 2.64. The Balaban J connectivity index is 2.91. The maximum Gasteiger partial charge on any atom is 0.280 e. The first-order chi connectivity index (χ1) is 14.4. The number of aryl methyl sites for hydroxylation is 2. The second kappa shape index (κ2) is 10.5. The molecular formula is C26H40F3N2P. The van der Waals surface area contributed by atoms with E-state index < -0.39 is 23.6 Å². The number of hydrogen-bond acceptors (Lipinski definition) is 2. The van der Waals surface area contributed by atoms with Crippen molar-refractivity contribution in [3.8, 4) is 0 Å². The highest BCUT2D eigenvalue weighted by molar-refractivity contribution is 7.21. The van der Waals surface area contributed by atoms with Crippen LogP contribution in [0.15, 0.2) is 42.8 Å². The van der Waals surface area contributed by atoms with Crippen LogP contribution in [0, 0.1) is 25.2 Å². The highest BCUT2D eigenvalue weighted by Gasteiger charge is 2.47. The van der Waals surface area contributed by atoms with E-state index in [4.69, 9.17) is 0 Å². The van der Waals surface area contributed by atoms with Crippen molar-refractivity contribution in [3.05, 3.63) is 59.4 Å². The number of benzene rings is 1. The molecule has 0 radical (unpaired) electrons. The van der Waals surface area contributed by atoms with Gasteiger partial charge in [-0.3, -0.25) is 0 Å². The van der Waals surface area contributed by atoms with Crippen LogP contribution in [0.1, 0.15) is 58.2 Å². The van der Waals surface area contributed by atoms with Gasteiger partial charge in [0.2, 0.25) is 0 Å². The van der Waals surface area contributed by atoms with E-state index in [1.807, 2.05) is 20.8 Å². The Labute approximate surface area is 195 Å². The monoisotopic (exact) mass is 468 g/mol. The topological polar surface area (TPSA) is 24.1 Å². The molecular weight excluding hydrogens is 428 g/mol. The van der Waals surface area contributed by atoms with Crippen LogP contribution in [0.5, 0.6) is 0 Å². The predicted molar refractivity (Wildman–Crippen MR) is 135 cm³/mol. The van der Waals surface area contributed by atoms with E-state index in [1.165, 1.54) is 16.7 Å². The number of nitrogens with one attached hydrogen (secondary N) is 2. The molecule has 0 spiro atoms. The molecule has 0 bridgehead atoms. The molecule has 0 saturated heterocycles. The Bertz CT molecular complexity index is 853. The van der Waals surface area contributed by atoms with E-state index in [1.54, 1.807) is 0 Å². The first-order valence-corrected chi connectivity index (χ1v) is 11.5. The van der Waals surface area contributed by atoms with Gasteiger partial charge in [0.25, 0.3) is 5.92 Å². The van der Waals surface area contributed by atoms with Crippen molar-refractivity contribution < 1.29 is 13.2 Å². The van der Waals surface area contributed by atoms with Crippen LogP contribution in [0.25, 0.3) is 0 Å². The van der Waals surface area contributed by atoms with Crippen molar-refractivity contribution in [3.63, 3.8) is 0 Å². The van der Waals surface area contributed by atoms with Crippen molar-refractivity contribution in [2.75, 3.05) is 6.54 Å². The summed E-state index contributed by atoms with van der Waals surface area (Å²) in [6.45, 7) is 21.2. The Morgan fingerprint density at radius 2 is 1.62 bits per heavy atom. The van der Waals surface area contributed by atoms with Gasteiger partial charge in [0.1, 0.15) is 0 Å². The molecule has 0 aliphatic carbocycles. The number of alkyl halides is 3. The van der Waals surface area contributed by atoms with E-state index in [2.05, 4.69) is 71.6 Å². The van der Waals surface area contributed by atoms with Crippen molar-refractivity contribution in [2.24, 2.45) is 11.3 Å².